The van der Waals surface area contributed by atoms with Gasteiger partial charge in [0.05, 0.1) is 31.3 Å². The van der Waals surface area contributed by atoms with Crippen LogP contribution in [0.3, 0.4) is 0 Å². The van der Waals surface area contributed by atoms with Gasteiger partial charge >= 0.3 is 11.9 Å². The van der Waals surface area contributed by atoms with Crippen LogP contribution in [0.4, 0.5) is 0 Å². The number of ether oxygens (including phenoxy) is 2. The molecule has 1 fully saturated rings. The van der Waals surface area contributed by atoms with Crippen LogP contribution >= 0.6 is 0 Å². The van der Waals surface area contributed by atoms with Gasteiger partial charge in [0.1, 0.15) is 12.2 Å². The van der Waals surface area contributed by atoms with E-state index in [1.165, 1.54) is 6.08 Å². The highest BCUT2D eigenvalue weighted by atomic mass is 16.6. The van der Waals surface area contributed by atoms with E-state index in [4.69, 9.17) is 14.6 Å². The van der Waals surface area contributed by atoms with Gasteiger partial charge in [-0.25, -0.2) is 9.59 Å². The van der Waals surface area contributed by atoms with E-state index in [1.807, 2.05) is 13.0 Å². The molecule has 2 rings (SSSR count). The molecule has 3 atom stereocenters. The molecule has 1 saturated heterocycles. The second kappa shape index (κ2) is 9.64. The van der Waals surface area contributed by atoms with Crippen LogP contribution in [0.1, 0.15) is 26.2 Å². The molecule has 0 aromatic heterocycles. The topological polar surface area (TPSA) is 113 Å². The van der Waals surface area contributed by atoms with Gasteiger partial charge in [-0.05, 0) is 37.5 Å². The first-order valence-electron chi connectivity index (χ1n) is 8.88. The molecule has 1 heterocycles. The second-order valence-electron chi connectivity index (χ2n) is 6.71. The molecule has 1 aliphatic heterocycles. The zero-order chi connectivity index (χ0) is 20.0. The quantitative estimate of drug-likeness (QED) is 0.371. The Morgan fingerprint density at radius 1 is 1.41 bits per heavy atom. The van der Waals surface area contributed by atoms with Crippen LogP contribution in [-0.4, -0.2) is 59.3 Å². The summed E-state index contributed by atoms with van der Waals surface area (Å²) < 4.78 is 11.0. The summed E-state index contributed by atoms with van der Waals surface area (Å²) in [5, 5.41) is 27.9. The van der Waals surface area contributed by atoms with Crippen LogP contribution in [0, 0.1) is 5.92 Å². The minimum absolute atomic E-state index is 0.0600. The fraction of sp³-hybridized carbons (Fsp3) is 0.500. The second-order valence-corrected chi connectivity index (χ2v) is 6.71. The molecule has 0 amide bonds. The molecule has 27 heavy (non-hydrogen) atoms. The number of rotatable bonds is 5. The molecule has 148 valence electrons. The molecule has 0 spiro atoms. The molecule has 7 nitrogen and oxygen atoms in total. The van der Waals surface area contributed by atoms with Crippen molar-refractivity contribution in [2.45, 2.75) is 38.4 Å². The summed E-state index contributed by atoms with van der Waals surface area (Å²) in [6.45, 7) is 4.57. The predicted octanol–water partition coefficient (Wildman–Crippen LogP) is 0.956. The van der Waals surface area contributed by atoms with Crippen LogP contribution in [0.5, 0.6) is 0 Å². The molecule has 0 saturated carbocycles. The van der Waals surface area contributed by atoms with Gasteiger partial charge in [-0.2, -0.15) is 0 Å². The van der Waals surface area contributed by atoms with Gasteiger partial charge in [0.2, 0.25) is 0 Å². The SMILES string of the molecule is C=C1C(=O)O[C@@H]2/C=C(\CO)CC/C=C(\C)C[C@H](OC(=O)/C(=C/CO)CO)[C@@H]12. The lowest BCUT2D eigenvalue weighted by Gasteiger charge is -2.27. The highest BCUT2D eigenvalue weighted by Crippen LogP contribution is 2.36. The Bertz CT molecular complexity index is 686. The maximum Gasteiger partial charge on any atom is 0.336 e. The lowest BCUT2D eigenvalue weighted by molar-refractivity contribution is -0.147. The van der Waals surface area contributed by atoms with Crippen LogP contribution in [0.15, 0.2) is 47.1 Å². The van der Waals surface area contributed by atoms with Crippen molar-refractivity contribution in [2.75, 3.05) is 19.8 Å². The number of hydrogen-bond acceptors (Lipinski definition) is 7. The van der Waals surface area contributed by atoms with Crippen molar-refractivity contribution in [3.8, 4) is 0 Å². The minimum atomic E-state index is -0.765. The minimum Gasteiger partial charge on any atom is -0.458 e. The molecule has 0 radical (unpaired) electrons. The normalized spacial score (nSPS) is 30.5. The van der Waals surface area contributed by atoms with Crippen molar-refractivity contribution in [3.63, 3.8) is 0 Å². The van der Waals surface area contributed by atoms with E-state index in [2.05, 4.69) is 6.58 Å². The zero-order valence-electron chi connectivity index (χ0n) is 15.4. The van der Waals surface area contributed by atoms with Crippen molar-refractivity contribution in [1.82, 2.24) is 0 Å². The van der Waals surface area contributed by atoms with Gasteiger partial charge in [-0.3, -0.25) is 0 Å². The van der Waals surface area contributed by atoms with Gasteiger partial charge < -0.3 is 24.8 Å². The van der Waals surface area contributed by atoms with E-state index < -0.39 is 43.3 Å². The fourth-order valence-electron chi connectivity index (χ4n) is 3.31. The maximum absolute atomic E-state index is 12.4. The summed E-state index contributed by atoms with van der Waals surface area (Å²) in [6.07, 6.45) is 5.18. The van der Waals surface area contributed by atoms with Gasteiger partial charge in [-0.15, -0.1) is 0 Å². The molecule has 0 bridgehead atoms. The van der Waals surface area contributed by atoms with E-state index in [0.717, 1.165) is 11.1 Å². The smallest absolute Gasteiger partial charge is 0.336 e. The van der Waals surface area contributed by atoms with Crippen LogP contribution in [0.2, 0.25) is 0 Å². The number of carbonyl (C=O) groups excluding carboxylic acids is 2. The maximum atomic E-state index is 12.4. The van der Waals surface area contributed by atoms with Crippen molar-refractivity contribution in [1.29, 1.82) is 0 Å². The standard InChI is InChI=1S/C20H26O7/c1-12-4-3-5-14(10-22)9-17-18(13(2)19(24)26-17)16(8-12)27-20(25)15(11-23)6-7-21/h4,6,9,16-18,21-23H,2-3,5,7-8,10-11H2,1H3/b12-4+,14-9-,15-6+/t16-,17+,18+/m0/s1. The third-order valence-corrected chi connectivity index (χ3v) is 4.78. The van der Waals surface area contributed by atoms with E-state index in [1.54, 1.807) is 6.08 Å². The summed E-state index contributed by atoms with van der Waals surface area (Å²) in [5.41, 5.74) is 1.85. The van der Waals surface area contributed by atoms with Crippen molar-refractivity contribution in [3.05, 3.63) is 47.1 Å². The highest BCUT2D eigenvalue weighted by Gasteiger charge is 2.44. The van der Waals surface area contributed by atoms with Crippen LogP contribution in [0.25, 0.3) is 0 Å². The molecule has 1 aliphatic carbocycles. The average molecular weight is 378 g/mol. The number of allylic oxidation sites excluding steroid dienone is 1. The lowest BCUT2D eigenvalue weighted by Crippen LogP contribution is -2.34. The van der Waals surface area contributed by atoms with Gasteiger partial charge in [-0.1, -0.05) is 18.2 Å². The zero-order valence-corrected chi connectivity index (χ0v) is 15.4. The van der Waals surface area contributed by atoms with E-state index in [0.29, 0.717) is 19.3 Å². The first kappa shape index (κ1) is 21.1. The Morgan fingerprint density at radius 3 is 2.78 bits per heavy atom. The average Bonchev–Trinajstić information content (AvgIpc) is 2.91. The monoisotopic (exact) mass is 378 g/mol. The molecule has 3 N–H and O–H groups in total. The van der Waals surface area contributed by atoms with Crippen molar-refractivity contribution >= 4 is 11.9 Å². The first-order chi connectivity index (χ1) is 12.9. The molecule has 7 heteroatoms. The number of hydrogen-bond donors (Lipinski definition) is 3. The summed E-state index contributed by atoms with van der Waals surface area (Å²) in [7, 11) is 0. The fourth-order valence-corrected chi connectivity index (χ4v) is 3.31. The summed E-state index contributed by atoms with van der Waals surface area (Å²) in [6, 6.07) is 0. The molecular formula is C20H26O7. The van der Waals surface area contributed by atoms with Crippen LogP contribution in [-0.2, 0) is 19.1 Å². The third-order valence-electron chi connectivity index (χ3n) is 4.78. The Hall–Kier alpha value is -2.22. The van der Waals surface area contributed by atoms with Gasteiger partial charge in [0.15, 0.2) is 0 Å². The van der Waals surface area contributed by atoms with E-state index in [-0.39, 0.29) is 17.8 Å². The van der Waals surface area contributed by atoms with Crippen LogP contribution < -0.4 is 0 Å². The summed E-state index contributed by atoms with van der Waals surface area (Å²) in [5.74, 6) is -1.93. The third kappa shape index (κ3) is 5.15. The first-order valence-corrected chi connectivity index (χ1v) is 8.88. The lowest BCUT2D eigenvalue weighted by atomic mass is 9.85. The Balaban J connectivity index is 2.38. The van der Waals surface area contributed by atoms with Gasteiger partial charge in [0.25, 0.3) is 0 Å². The van der Waals surface area contributed by atoms with Crippen molar-refractivity contribution in [2.24, 2.45) is 5.92 Å². The van der Waals surface area contributed by atoms with E-state index >= 15 is 0 Å². The van der Waals surface area contributed by atoms with Gasteiger partial charge in [0, 0.05) is 12.0 Å². The molecule has 0 aromatic rings. The predicted molar refractivity (Wildman–Crippen MR) is 97.4 cm³/mol. The Morgan fingerprint density at radius 2 is 2.15 bits per heavy atom. The summed E-state index contributed by atoms with van der Waals surface area (Å²) in [4.78, 5) is 24.5. The summed E-state index contributed by atoms with van der Waals surface area (Å²) >= 11 is 0. The van der Waals surface area contributed by atoms with Crippen molar-refractivity contribution < 1.29 is 34.4 Å². The van der Waals surface area contributed by atoms with E-state index in [9.17, 15) is 19.8 Å². The Kier molecular flexibility index (Phi) is 7.53. The highest BCUT2D eigenvalue weighted by molar-refractivity contribution is 5.92. The number of esters is 2. The number of fused-ring (bicyclic) bond motifs is 1. The number of aliphatic hydroxyl groups excluding tert-OH is 3. The number of aliphatic hydroxyl groups is 3. The Labute approximate surface area is 158 Å². The molecular weight excluding hydrogens is 352 g/mol. The number of carbonyl (C=O) groups is 2. The largest absolute Gasteiger partial charge is 0.458 e. The molecule has 2 aliphatic rings. The molecule has 0 unspecified atom stereocenters. The molecule has 0 aromatic carbocycles.